The molecule has 8 heteroatoms. The highest BCUT2D eigenvalue weighted by atomic mass is 32.1. The van der Waals surface area contributed by atoms with Crippen molar-refractivity contribution in [2.45, 2.75) is 0 Å². The number of carboxylic acid groups (broad SMARTS) is 1. The van der Waals surface area contributed by atoms with Gasteiger partial charge in [0.15, 0.2) is 5.82 Å². The molecule has 0 radical (unpaired) electrons. The van der Waals surface area contributed by atoms with Crippen LogP contribution in [0.3, 0.4) is 0 Å². The molecule has 0 unspecified atom stereocenters. The molecule has 146 valence electrons. The van der Waals surface area contributed by atoms with Crippen LogP contribution in [0, 0.1) is 0 Å². The minimum Gasteiger partial charge on any atom is -0.478 e. The van der Waals surface area contributed by atoms with E-state index < -0.39 is 5.97 Å². The smallest absolute Gasteiger partial charge is 0.335 e. The Balaban J connectivity index is 1.63. The van der Waals surface area contributed by atoms with Gasteiger partial charge in [-0.15, -0.1) is 0 Å². The lowest BCUT2D eigenvalue weighted by atomic mass is 10.1. The summed E-state index contributed by atoms with van der Waals surface area (Å²) in [7, 11) is 0. The Morgan fingerprint density at radius 2 is 1.83 bits per heavy atom. The first-order valence-electron chi connectivity index (χ1n) is 9.08. The van der Waals surface area contributed by atoms with Gasteiger partial charge in [-0.3, -0.25) is 4.40 Å². The number of hydrogen-bond acceptors (Lipinski definition) is 4. The van der Waals surface area contributed by atoms with Gasteiger partial charge in [-0.1, -0.05) is 24.3 Å². The molecule has 0 aliphatic heterocycles. The summed E-state index contributed by atoms with van der Waals surface area (Å²) in [5, 5.41) is 9.10. The van der Waals surface area contributed by atoms with Crippen molar-refractivity contribution in [3.8, 4) is 11.3 Å². The van der Waals surface area contributed by atoms with Gasteiger partial charge in [-0.05, 0) is 36.4 Å². The minimum absolute atomic E-state index is 0.219. The monoisotopic (exact) mass is 414 g/mol. The van der Waals surface area contributed by atoms with E-state index in [4.69, 9.17) is 5.11 Å². The zero-order chi connectivity index (χ0) is 20.7. The van der Waals surface area contributed by atoms with Crippen LogP contribution < -0.4 is 0 Å². The van der Waals surface area contributed by atoms with Crippen molar-refractivity contribution in [2.75, 3.05) is 0 Å². The van der Waals surface area contributed by atoms with Crippen molar-refractivity contribution in [2.24, 2.45) is 0 Å². The van der Waals surface area contributed by atoms with Crippen molar-refractivity contribution in [1.82, 2.24) is 19.4 Å². The van der Waals surface area contributed by atoms with Crippen LogP contribution in [0.15, 0.2) is 73.1 Å². The van der Waals surface area contributed by atoms with Gasteiger partial charge < -0.3 is 10.1 Å². The second-order valence-corrected chi connectivity index (χ2v) is 7.23. The van der Waals surface area contributed by atoms with Crippen LogP contribution in [0.2, 0.25) is 0 Å². The third-order valence-corrected chi connectivity index (χ3v) is 5.48. The van der Waals surface area contributed by atoms with E-state index in [1.807, 2.05) is 47.0 Å². The molecular formula is C22H14N4O3S. The third kappa shape index (κ3) is 2.90. The second-order valence-electron chi connectivity index (χ2n) is 6.66. The van der Waals surface area contributed by atoms with Gasteiger partial charge in [0.25, 0.3) is 0 Å². The quantitative estimate of drug-likeness (QED) is 0.347. The Morgan fingerprint density at radius 3 is 2.57 bits per heavy atom. The zero-order valence-corrected chi connectivity index (χ0v) is 16.3. The van der Waals surface area contributed by atoms with Crippen molar-refractivity contribution in [3.05, 3.63) is 90.0 Å². The maximum atomic E-state index is 12.1. The molecule has 0 fully saturated rings. The van der Waals surface area contributed by atoms with E-state index in [0.29, 0.717) is 33.2 Å². The van der Waals surface area contributed by atoms with Crippen LogP contribution in [0.1, 0.15) is 21.7 Å². The molecule has 0 saturated heterocycles. The number of benzene rings is 2. The first kappa shape index (κ1) is 18.0. The fraction of sp³-hybridized carbons (Fsp3) is 0. The van der Waals surface area contributed by atoms with E-state index in [0.717, 1.165) is 22.3 Å². The number of pyridine rings is 1. The number of imidazole rings is 2. The fourth-order valence-electron chi connectivity index (χ4n) is 3.46. The van der Waals surface area contributed by atoms with E-state index in [1.165, 1.54) is 0 Å². The minimum atomic E-state index is -0.973. The van der Waals surface area contributed by atoms with E-state index in [2.05, 4.69) is 15.0 Å². The van der Waals surface area contributed by atoms with Crippen LogP contribution in [0.4, 0.5) is 0 Å². The largest absolute Gasteiger partial charge is 0.478 e. The number of para-hydroxylation sites is 2. The third-order valence-electron chi connectivity index (χ3n) is 4.90. The number of aromatic carboxylic acids is 1. The van der Waals surface area contributed by atoms with Gasteiger partial charge in [0, 0.05) is 17.3 Å². The van der Waals surface area contributed by atoms with Gasteiger partial charge in [-0.2, -0.15) is 0 Å². The molecule has 5 aromatic rings. The maximum Gasteiger partial charge on any atom is 0.335 e. The molecule has 5 rings (SSSR count). The molecule has 0 amide bonds. The number of rotatable bonds is 4. The summed E-state index contributed by atoms with van der Waals surface area (Å²) in [6.07, 6.45) is 3.57. The van der Waals surface area contributed by atoms with Crippen LogP contribution >= 0.6 is 0 Å². The molecule has 0 atom stereocenters. The lowest BCUT2D eigenvalue weighted by molar-refractivity contribution is 0.0697. The Kier molecular flexibility index (Phi) is 4.26. The number of carbonyl (C=O) groups is 1. The number of fused-ring (bicyclic) bond motifs is 2. The number of hydrogen-bond donors (Lipinski definition) is 2. The van der Waals surface area contributed by atoms with E-state index in [-0.39, 0.29) is 5.56 Å². The molecule has 0 spiro atoms. The number of aromatic nitrogens is 4. The molecule has 7 nitrogen and oxygen atoms in total. The van der Waals surface area contributed by atoms with Gasteiger partial charge in [0.2, 0.25) is 0 Å². The number of aromatic amines is 1. The first-order valence-corrected chi connectivity index (χ1v) is 9.82. The molecule has 0 bridgehead atoms. The molecule has 3 heterocycles. The topological polar surface area (TPSA) is 100 Å². The van der Waals surface area contributed by atoms with Gasteiger partial charge in [0.1, 0.15) is 21.8 Å². The van der Waals surface area contributed by atoms with Crippen LogP contribution in [0.5, 0.6) is 0 Å². The molecule has 0 aliphatic carbocycles. The van der Waals surface area contributed by atoms with Crippen LogP contribution in [0.25, 0.3) is 27.9 Å². The van der Waals surface area contributed by atoms with Gasteiger partial charge >= 0.3 is 5.97 Å². The summed E-state index contributed by atoms with van der Waals surface area (Å²) in [4.78, 5) is 23.8. The van der Waals surface area contributed by atoms with Crippen molar-refractivity contribution >= 4 is 38.8 Å². The van der Waals surface area contributed by atoms with Crippen LogP contribution in [-0.2, 0) is 11.3 Å². The highest BCUT2D eigenvalue weighted by molar-refractivity contribution is 7.67. The van der Waals surface area contributed by atoms with E-state index in [1.54, 1.807) is 30.5 Å². The Labute approximate surface area is 173 Å². The molecule has 3 aromatic heterocycles. The zero-order valence-electron chi connectivity index (χ0n) is 15.4. The van der Waals surface area contributed by atoms with E-state index >= 15 is 0 Å². The van der Waals surface area contributed by atoms with Gasteiger partial charge in [0.05, 0.1) is 28.5 Å². The number of carboxylic acids is 1. The van der Waals surface area contributed by atoms with Crippen molar-refractivity contribution < 1.29 is 14.1 Å². The lowest BCUT2D eigenvalue weighted by Crippen LogP contribution is -2.08. The predicted molar refractivity (Wildman–Crippen MR) is 115 cm³/mol. The maximum absolute atomic E-state index is 12.1. The summed E-state index contributed by atoms with van der Waals surface area (Å²) < 4.78 is 13.9. The summed E-state index contributed by atoms with van der Waals surface area (Å²) in [6.45, 7) is 0. The van der Waals surface area contributed by atoms with E-state index in [9.17, 15) is 9.00 Å². The number of nitrogens with one attached hydrogen (secondary N) is 1. The molecule has 2 aromatic carbocycles. The van der Waals surface area contributed by atoms with Gasteiger partial charge in [-0.25, -0.2) is 19.0 Å². The standard InChI is InChI=1S/C22H14N4O3S/c27-22(28)14-9-7-13(8-10-14)18-12-23-21-15(4-3-11-26(18)21)19(30-29)20-24-16-5-1-2-6-17(16)25-20/h1-12H,(H,24,25)(H,27,28). The summed E-state index contributed by atoms with van der Waals surface area (Å²) >= 11 is 0.371. The number of H-pyrrole nitrogens is 1. The summed E-state index contributed by atoms with van der Waals surface area (Å²) in [6, 6.07) is 17.9. The molecule has 0 saturated carbocycles. The highest BCUT2D eigenvalue weighted by Gasteiger charge is 2.17. The first-order chi connectivity index (χ1) is 14.7. The molecule has 30 heavy (non-hydrogen) atoms. The van der Waals surface area contributed by atoms with Crippen molar-refractivity contribution in [1.29, 1.82) is 0 Å². The van der Waals surface area contributed by atoms with Crippen LogP contribution in [-0.4, -0.2) is 39.5 Å². The molecular weight excluding hydrogens is 400 g/mol. The average Bonchev–Trinajstić information content (AvgIpc) is 3.39. The molecule has 2 N–H and O–H groups in total. The van der Waals surface area contributed by atoms with Crippen molar-refractivity contribution in [3.63, 3.8) is 0 Å². The average molecular weight is 414 g/mol. The fourth-order valence-corrected chi connectivity index (χ4v) is 3.88. The Morgan fingerprint density at radius 1 is 1.03 bits per heavy atom. The normalized spacial score (nSPS) is 11.1. The Bertz CT molecular complexity index is 1440. The summed E-state index contributed by atoms with van der Waals surface area (Å²) in [5.41, 5.74) is 4.77. The lowest BCUT2D eigenvalue weighted by Gasteiger charge is -2.06. The highest BCUT2D eigenvalue weighted by Crippen LogP contribution is 2.24. The SMILES string of the molecule is O=S=C(c1nc2ccccc2[nH]1)c1cccn2c(-c3ccc(C(=O)O)cc3)cnc12. The Hall–Kier alpha value is -4.04. The predicted octanol–water partition coefficient (Wildman–Crippen LogP) is 3.36. The second kappa shape index (κ2) is 7.09. The molecule has 0 aliphatic rings. The number of nitrogens with zero attached hydrogens (tertiary/aromatic N) is 3. The summed E-state index contributed by atoms with van der Waals surface area (Å²) in [5.74, 6) is -0.473.